The molecule has 5 nitrogen and oxygen atoms in total. The number of ether oxygens (including phenoxy) is 2. The van der Waals surface area contributed by atoms with Crippen LogP contribution in [0.4, 0.5) is 0 Å². The van der Waals surface area contributed by atoms with Crippen molar-refractivity contribution < 1.29 is 14.3 Å². The van der Waals surface area contributed by atoms with Gasteiger partial charge in [0.2, 0.25) is 5.91 Å². The highest BCUT2D eigenvalue weighted by molar-refractivity contribution is 5.83. The van der Waals surface area contributed by atoms with Crippen LogP contribution in [0.1, 0.15) is 17.5 Å². The molecule has 0 spiro atoms. The third-order valence-corrected chi connectivity index (χ3v) is 3.29. The van der Waals surface area contributed by atoms with Crippen molar-refractivity contribution in [1.82, 2.24) is 5.43 Å². The van der Waals surface area contributed by atoms with E-state index in [4.69, 9.17) is 9.47 Å². The number of hydrazone groups is 1. The molecular formula is C18H20N2O3. The van der Waals surface area contributed by atoms with Crippen molar-refractivity contribution in [3.63, 3.8) is 0 Å². The number of hydrogen-bond acceptors (Lipinski definition) is 4. The number of aryl methyl sites for hydroxylation is 1. The molecule has 0 unspecified atom stereocenters. The van der Waals surface area contributed by atoms with E-state index in [2.05, 4.69) is 10.5 Å². The molecule has 0 fully saturated rings. The first-order chi connectivity index (χ1) is 11.2. The topological polar surface area (TPSA) is 59.9 Å². The lowest BCUT2D eigenvalue weighted by Gasteiger charge is -2.07. The van der Waals surface area contributed by atoms with Crippen LogP contribution in [0.2, 0.25) is 0 Å². The van der Waals surface area contributed by atoms with Crippen LogP contribution in [-0.4, -0.2) is 26.3 Å². The highest BCUT2D eigenvalue weighted by Gasteiger charge is 2.03. The molecule has 0 atom stereocenters. The van der Waals surface area contributed by atoms with Crippen LogP contribution in [0.5, 0.6) is 11.5 Å². The van der Waals surface area contributed by atoms with Gasteiger partial charge in [-0.15, -0.1) is 0 Å². The molecule has 2 aromatic carbocycles. The van der Waals surface area contributed by atoms with Crippen molar-refractivity contribution in [2.45, 2.75) is 12.8 Å². The van der Waals surface area contributed by atoms with E-state index in [9.17, 15) is 4.79 Å². The molecule has 0 aromatic heterocycles. The molecule has 0 aliphatic carbocycles. The van der Waals surface area contributed by atoms with Gasteiger partial charge in [0.15, 0.2) is 11.5 Å². The van der Waals surface area contributed by atoms with E-state index in [1.54, 1.807) is 32.6 Å². The van der Waals surface area contributed by atoms with Crippen LogP contribution in [0.25, 0.3) is 0 Å². The first kappa shape index (κ1) is 16.5. The van der Waals surface area contributed by atoms with Crippen LogP contribution in [0, 0.1) is 0 Å². The van der Waals surface area contributed by atoms with Crippen LogP contribution in [0.15, 0.2) is 53.6 Å². The van der Waals surface area contributed by atoms with E-state index in [1.165, 1.54) is 0 Å². The number of carbonyl (C=O) groups is 1. The fourth-order valence-electron chi connectivity index (χ4n) is 2.07. The zero-order valence-corrected chi connectivity index (χ0v) is 13.3. The molecule has 0 heterocycles. The maximum atomic E-state index is 11.8. The van der Waals surface area contributed by atoms with Gasteiger partial charge >= 0.3 is 0 Å². The van der Waals surface area contributed by atoms with Gasteiger partial charge in [0.05, 0.1) is 20.4 Å². The summed E-state index contributed by atoms with van der Waals surface area (Å²) < 4.78 is 10.4. The van der Waals surface area contributed by atoms with E-state index >= 15 is 0 Å². The fraction of sp³-hybridized carbons (Fsp3) is 0.222. The Bertz CT molecular complexity index is 669. The molecule has 0 saturated carbocycles. The zero-order chi connectivity index (χ0) is 16.5. The van der Waals surface area contributed by atoms with Gasteiger partial charge < -0.3 is 9.47 Å². The monoisotopic (exact) mass is 312 g/mol. The molecule has 23 heavy (non-hydrogen) atoms. The van der Waals surface area contributed by atoms with Gasteiger partial charge in [0, 0.05) is 6.42 Å². The molecule has 0 aliphatic rings. The van der Waals surface area contributed by atoms with Crippen LogP contribution < -0.4 is 14.9 Å². The van der Waals surface area contributed by atoms with Crippen molar-refractivity contribution >= 4 is 12.1 Å². The van der Waals surface area contributed by atoms with Gasteiger partial charge in [-0.1, -0.05) is 30.3 Å². The van der Waals surface area contributed by atoms with Gasteiger partial charge in [-0.25, -0.2) is 5.43 Å². The summed E-state index contributed by atoms with van der Waals surface area (Å²) in [6, 6.07) is 15.3. The highest BCUT2D eigenvalue weighted by Crippen LogP contribution is 2.26. The Kier molecular flexibility index (Phi) is 6.17. The Morgan fingerprint density at radius 1 is 1.09 bits per heavy atom. The lowest BCUT2D eigenvalue weighted by atomic mass is 10.1. The molecule has 0 radical (unpaired) electrons. The molecule has 1 amide bonds. The van der Waals surface area contributed by atoms with E-state index in [0.717, 1.165) is 11.1 Å². The number of amides is 1. The number of rotatable bonds is 7. The summed E-state index contributed by atoms with van der Waals surface area (Å²) >= 11 is 0. The quantitative estimate of drug-likeness (QED) is 0.632. The summed E-state index contributed by atoms with van der Waals surface area (Å²) in [5, 5.41) is 3.96. The van der Waals surface area contributed by atoms with E-state index in [0.29, 0.717) is 24.3 Å². The minimum absolute atomic E-state index is 0.120. The van der Waals surface area contributed by atoms with E-state index < -0.39 is 0 Å². The summed E-state index contributed by atoms with van der Waals surface area (Å²) in [5.41, 5.74) is 4.47. The lowest BCUT2D eigenvalue weighted by molar-refractivity contribution is -0.121. The van der Waals surface area contributed by atoms with Crippen molar-refractivity contribution in [3.05, 3.63) is 59.7 Å². The minimum Gasteiger partial charge on any atom is -0.493 e. The Hall–Kier alpha value is -2.82. The predicted octanol–water partition coefficient (Wildman–Crippen LogP) is 2.79. The summed E-state index contributed by atoms with van der Waals surface area (Å²) in [5.74, 6) is 1.15. The SMILES string of the molecule is COc1ccc(C=NNC(=O)CCc2ccccc2)cc1OC. The predicted molar refractivity (Wildman–Crippen MR) is 90.0 cm³/mol. The number of methoxy groups -OCH3 is 2. The average Bonchev–Trinajstić information content (AvgIpc) is 2.60. The highest BCUT2D eigenvalue weighted by atomic mass is 16.5. The Labute approximate surface area is 135 Å². The molecule has 2 rings (SSSR count). The van der Waals surface area contributed by atoms with Crippen molar-refractivity contribution in [2.75, 3.05) is 14.2 Å². The van der Waals surface area contributed by atoms with Gasteiger partial charge in [-0.05, 0) is 35.7 Å². The summed E-state index contributed by atoms with van der Waals surface area (Å²) in [6.07, 6.45) is 2.66. The van der Waals surface area contributed by atoms with Gasteiger partial charge in [-0.3, -0.25) is 4.79 Å². The number of carbonyl (C=O) groups excluding carboxylic acids is 1. The first-order valence-corrected chi connectivity index (χ1v) is 7.31. The standard InChI is InChI=1S/C18H20N2O3/c1-22-16-10-8-15(12-17(16)23-2)13-19-20-18(21)11-9-14-6-4-3-5-7-14/h3-8,10,12-13H,9,11H2,1-2H3,(H,20,21). The normalized spacial score (nSPS) is 10.5. The number of benzene rings is 2. The maximum Gasteiger partial charge on any atom is 0.240 e. The second-order valence-corrected chi connectivity index (χ2v) is 4.89. The maximum absolute atomic E-state index is 11.8. The molecule has 2 aromatic rings. The van der Waals surface area contributed by atoms with Gasteiger partial charge in [0.1, 0.15) is 0 Å². The van der Waals surface area contributed by atoms with Crippen LogP contribution in [-0.2, 0) is 11.2 Å². The molecule has 120 valence electrons. The van der Waals surface area contributed by atoms with Gasteiger partial charge in [-0.2, -0.15) is 5.10 Å². The van der Waals surface area contributed by atoms with Crippen molar-refractivity contribution in [1.29, 1.82) is 0 Å². The minimum atomic E-state index is -0.120. The smallest absolute Gasteiger partial charge is 0.240 e. The molecular weight excluding hydrogens is 292 g/mol. The van der Waals surface area contributed by atoms with E-state index in [-0.39, 0.29) is 5.91 Å². The Balaban J connectivity index is 1.85. The molecule has 0 aliphatic heterocycles. The molecule has 1 N–H and O–H groups in total. The third kappa shape index (κ3) is 5.14. The number of nitrogens with one attached hydrogen (secondary N) is 1. The van der Waals surface area contributed by atoms with Gasteiger partial charge in [0.25, 0.3) is 0 Å². The summed E-state index contributed by atoms with van der Waals surface area (Å²) in [4.78, 5) is 11.8. The van der Waals surface area contributed by atoms with Crippen LogP contribution >= 0.6 is 0 Å². The van der Waals surface area contributed by atoms with E-state index in [1.807, 2.05) is 36.4 Å². The van der Waals surface area contributed by atoms with Crippen LogP contribution in [0.3, 0.4) is 0 Å². The summed E-state index contributed by atoms with van der Waals surface area (Å²) in [7, 11) is 3.16. The molecule has 0 bridgehead atoms. The largest absolute Gasteiger partial charge is 0.493 e. The van der Waals surface area contributed by atoms with Crippen molar-refractivity contribution in [3.8, 4) is 11.5 Å². The summed E-state index contributed by atoms with van der Waals surface area (Å²) in [6.45, 7) is 0. The lowest BCUT2D eigenvalue weighted by Crippen LogP contribution is -2.17. The second-order valence-electron chi connectivity index (χ2n) is 4.89. The first-order valence-electron chi connectivity index (χ1n) is 7.31. The van der Waals surface area contributed by atoms with Crippen molar-refractivity contribution in [2.24, 2.45) is 5.10 Å². The Morgan fingerprint density at radius 2 is 1.83 bits per heavy atom. The third-order valence-electron chi connectivity index (χ3n) is 3.29. The second kappa shape index (κ2) is 8.58. The zero-order valence-electron chi connectivity index (χ0n) is 13.3. The number of nitrogens with zero attached hydrogens (tertiary/aromatic N) is 1. The molecule has 0 saturated heterocycles. The number of hydrogen-bond donors (Lipinski definition) is 1. The fourth-order valence-corrected chi connectivity index (χ4v) is 2.07. The molecule has 5 heteroatoms. The average molecular weight is 312 g/mol. The Morgan fingerprint density at radius 3 is 2.52 bits per heavy atom.